The quantitative estimate of drug-likeness (QED) is 0.585. The standard InChI is InChI=1S/C9H2F16O2/c10-3(11,5(14,15)2(26)27)1(6(16,17)18)4(12,13)7(19,20)8(21,22)9(23,24)25/h1H,(H,26,27). The molecule has 0 amide bonds. The van der Waals surface area contributed by atoms with Crippen molar-refractivity contribution >= 4 is 5.97 Å². The highest BCUT2D eigenvalue weighted by atomic mass is 19.4. The van der Waals surface area contributed by atoms with Crippen LogP contribution in [0, 0.1) is 5.92 Å². The smallest absolute Gasteiger partial charge is 0.460 e. The number of carboxylic acid groups (broad SMARTS) is 1. The van der Waals surface area contributed by atoms with Crippen molar-refractivity contribution in [3.05, 3.63) is 0 Å². The molecular weight excluding hydrogens is 444 g/mol. The summed E-state index contributed by atoms with van der Waals surface area (Å²) in [6.07, 6.45) is -15.4. The highest BCUT2D eigenvalue weighted by Crippen LogP contribution is 2.62. The predicted molar refractivity (Wildman–Crippen MR) is 48.0 cm³/mol. The summed E-state index contributed by atoms with van der Waals surface area (Å²) >= 11 is 0. The van der Waals surface area contributed by atoms with Crippen molar-refractivity contribution in [1.29, 1.82) is 0 Å². The SMILES string of the molecule is O=C(O)C(F)(F)C(F)(F)C(C(F)(F)F)C(F)(F)C(F)(F)C(F)(F)C(F)(F)F. The number of rotatable bonds is 6. The van der Waals surface area contributed by atoms with Gasteiger partial charge in [0.1, 0.15) is 0 Å². The average Bonchev–Trinajstić information content (AvgIpc) is 2.33. The first kappa shape index (κ1) is 25.3. The van der Waals surface area contributed by atoms with Crippen LogP contribution in [0.2, 0.25) is 0 Å². The third-order valence-corrected chi connectivity index (χ3v) is 2.91. The molecule has 27 heavy (non-hydrogen) atoms. The molecule has 0 radical (unpaired) electrons. The number of carbonyl (C=O) groups is 1. The Bertz CT molecular complexity index is 569. The zero-order valence-electron chi connectivity index (χ0n) is 11.5. The molecule has 0 aliphatic carbocycles. The highest BCUT2D eigenvalue weighted by molar-refractivity contribution is 5.76. The van der Waals surface area contributed by atoms with Crippen LogP contribution in [0.25, 0.3) is 0 Å². The Morgan fingerprint density at radius 1 is 0.593 bits per heavy atom. The molecule has 0 rings (SSSR count). The van der Waals surface area contributed by atoms with Crippen molar-refractivity contribution < 1.29 is 80.1 Å². The molecule has 0 aromatic heterocycles. The maximum absolute atomic E-state index is 13.2. The Labute approximate surface area is 135 Å². The summed E-state index contributed by atoms with van der Waals surface area (Å²) in [6.45, 7) is 0. The second-order valence-electron chi connectivity index (χ2n) is 4.75. The molecule has 0 fully saturated rings. The topological polar surface area (TPSA) is 37.3 Å². The van der Waals surface area contributed by atoms with Gasteiger partial charge in [-0.25, -0.2) is 4.79 Å². The van der Waals surface area contributed by atoms with Crippen LogP contribution in [-0.4, -0.2) is 53.0 Å². The molecule has 0 saturated carbocycles. The van der Waals surface area contributed by atoms with Crippen LogP contribution in [0.5, 0.6) is 0 Å². The molecule has 0 aliphatic heterocycles. The van der Waals surface area contributed by atoms with Gasteiger partial charge in [-0.15, -0.1) is 0 Å². The van der Waals surface area contributed by atoms with E-state index in [2.05, 4.69) is 0 Å². The lowest BCUT2D eigenvalue weighted by atomic mass is 9.83. The molecule has 1 N–H and O–H groups in total. The molecule has 0 bridgehead atoms. The Balaban J connectivity index is 6.87. The van der Waals surface area contributed by atoms with Gasteiger partial charge in [0.15, 0.2) is 5.92 Å². The van der Waals surface area contributed by atoms with Crippen LogP contribution in [0.4, 0.5) is 70.2 Å². The maximum Gasteiger partial charge on any atom is 0.460 e. The summed E-state index contributed by atoms with van der Waals surface area (Å²) in [6, 6.07) is 0. The van der Waals surface area contributed by atoms with Gasteiger partial charge in [0.05, 0.1) is 0 Å². The van der Waals surface area contributed by atoms with E-state index in [1.54, 1.807) is 0 Å². The van der Waals surface area contributed by atoms with E-state index in [9.17, 15) is 75.0 Å². The van der Waals surface area contributed by atoms with E-state index in [4.69, 9.17) is 5.11 Å². The molecular formula is C9H2F16O2. The number of alkyl halides is 16. The molecule has 0 saturated heterocycles. The first-order valence-corrected chi connectivity index (χ1v) is 5.57. The minimum atomic E-state index is -8.35. The molecule has 0 aliphatic rings. The van der Waals surface area contributed by atoms with Gasteiger partial charge in [0.25, 0.3) is 0 Å². The third kappa shape index (κ3) is 3.57. The first-order valence-electron chi connectivity index (χ1n) is 5.57. The minimum absolute atomic E-state index is 4.29. The van der Waals surface area contributed by atoms with Gasteiger partial charge < -0.3 is 5.11 Å². The van der Waals surface area contributed by atoms with Gasteiger partial charge in [-0.1, -0.05) is 0 Å². The molecule has 0 spiro atoms. The molecule has 162 valence electrons. The number of aliphatic carboxylic acids is 1. The van der Waals surface area contributed by atoms with Gasteiger partial charge >= 0.3 is 47.9 Å². The van der Waals surface area contributed by atoms with Crippen LogP contribution in [0.1, 0.15) is 0 Å². The summed E-state index contributed by atoms with van der Waals surface area (Å²) in [5, 5.41) is 7.69. The van der Waals surface area contributed by atoms with E-state index in [1.807, 2.05) is 0 Å². The largest absolute Gasteiger partial charge is 0.477 e. The second kappa shape index (κ2) is 6.18. The van der Waals surface area contributed by atoms with Crippen molar-refractivity contribution in [2.75, 3.05) is 0 Å². The van der Waals surface area contributed by atoms with E-state index < -0.39 is 53.9 Å². The van der Waals surface area contributed by atoms with Crippen molar-refractivity contribution in [3.63, 3.8) is 0 Å². The molecule has 1 atom stereocenters. The molecule has 18 heteroatoms. The zero-order chi connectivity index (χ0) is 22.7. The monoisotopic (exact) mass is 446 g/mol. The first-order chi connectivity index (χ1) is 11.3. The van der Waals surface area contributed by atoms with Gasteiger partial charge in [-0.05, 0) is 0 Å². The third-order valence-electron chi connectivity index (χ3n) is 2.91. The maximum atomic E-state index is 13.2. The van der Waals surface area contributed by atoms with Gasteiger partial charge in [0.2, 0.25) is 0 Å². The van der Waals surface area contributed by atoms with Crippen molar-refractivity contribution in [1.82, 2.24) is 0 Å². The molecule has 1 unspecified atom stereocenters. The minimum Gasteiger partial charge on any atom is -0.477 e. The lowest BCUT2D eigenvalue weighted by Gasteiger charge is -2.41. The summed E-state index contributed by atoms with van der Waals surface area (Å²) in [5.41, 5.74) is 0. The van der Waals surface area contributed by atoms with Crippen molar-refractivity contribution in [2.24, 2.45) is 5.92 Å². The Morgan fingerprint density at radius 3 is 1.15 bits per heavy atom. The zero-order valence-corrected chi connectivity index (χ0v) is 11.5. The van der Waals surface area contributed by atoms with Crippen LogP contribution < -0.4 is 0 Å². The van der Waals surface area contributed by atoms with Crippen LogP contribution >= 0.6 is 0 Å². The normalized spacial score (nSPS) is 17.0. The number of hydrogen-bond acceptors (Lipinski definition) is 1. The van der Waals surface area contributed by atoms with Crippen LogP contribution in [0.3, 0.4) is 0 Å². The summed E-state index contributed by atoms with van der Waals surface area (Å²) in [4.78, 5) is 9.87. The van der Waals surface area contributed by atoms with Crippen molar-refractivity contribution in [2.45, 2.75) is 42.0 Å². The number of halogens is 16. The molecule has 0 heterocycles. The van der Waals surface area contributed by atoms with E-state index in [0.29, 0.717) is 0 Å². The van der Waals surface area contributed by atoms with Crippen LogP contribution in [-0.2, 0) is 4.79 Å². The van der Waals surface area contributed by atoms with Gasteiger partial charge in [-0.3, -0.25) is 0 Å². The second-order valence-corrected chi connectivity index (χ2v) is 4.75. The number of hydrogen-bond donors (Lipinski definition) is 1. The number of carboxylic acids is 1. The lowest BCUT2D eigenvalue weighted by Crippen LogP contribution is -2.70. The lowest BCUT2D eigenvalue weighted by molar-refractivity contribution is -0.436. The fraction of sp³-hybridized carbons (Fsp3) is 0.889. The molecule has 0 aromatic rings. The molecule has 0 aromatic carbocycles. The Hall–Kier alpha value is -1.65. The fourth-order valence-corrected chi connectivity index (χ4v) is 1.53. The molecule has 2 nitrogen and oxygen atoms in total. The Kier molecular flexibility index (Phi) is 5.80. The van der Waals surface area contributed by atoms with Gasteiger partial charge in [0, 0.05) is 0 Å². The van der Waals surface area contributed by atoms with Crippen LogP contribution in [0.15, 0.2) is 0 Å². The Morgan fingerprint density at radius 2 is 0.926 bits per heavy atom. The predicted octanol–water partition coefficient (Wildman–Crippen LogP) is 4.99. The summed E-state index contributed by atoms with van der Waals surface area (Å²) in [5.74, 6) is -51.0. The van der Waals surface area contributed by atoms with E-state index in [1.165, 1.54) is 0 Å². The van der Waals surface area contributed by atoms with E-state index in [0.717, 1.165) is 0 Å². The van der Waals surface area contributed by atoms with E-state index >= 15 is 0 Å². The fourth-order valence-electron chi connectivity index (χ4n) is 1.53. The van der Waals surface area contributed by atoms with Gasteiger partial charge in [-0.2, -0.15) is 70.2 Å². The summed E-state index contributed by atoms with van der Waals surface area (Å²) < 4.78 is 202. The van der Waals surface area contributed by atoms with E-state index in [-0.39, 0.29) is 0 Å². The van der Waals surface area contributed by atoms with Crippen molar-refractivity contribution in [3.8, 4) is 0 Å². The average molecular weight is 446 g/mol. The highest BCUT2D eigenvalue weighted by Gasteiger charge is 2.90. The summed E-state index contributed by atoms with van der Waals surface area (Å²) in [7, 11) is 0.